The molecule has 1 aromatic heterocycles. The zero-order chi connectivity index (χ0) is 11.4. The Labute approximate surface area is 100 Å². The first-order valence-corrected chi connectivity index (χ1v) is 6.84. The van der Waals surface area contributed by atoms with Crippen molar-refractivity contribution in [2.45, 2.75) is 19.4 Å². The van der Waals surface area contributed by atoms with Crippen LogP contribution >= 0.6 is 11.8 Å². The van der Waals surface area contributed by atoms with E-state index < -0.39 is 0 Å². The molecule has 2 unspecified atom stereocenters. The third kappa shape index (κ3) is 3.19. The first kappa shape index (κ1) is 11.9. The zero-order valence-electron chi connectivity index (χ0n) is 9.45. The first-order chi connectivity index (χ1) is 7.75. The van der Waals surface area contributed by atoms with Crippen molar-refractivity contribution in [3.05, 3.63) is 29.8 Å². The number of nitrogens with one attached hydrogen (secondary N) is 1. The van der Waals surface area contributed by atoms with Gasteiger partial charge in [0, 0.05) is 6.04 Å². The third-order valence-electron chi connectivity index (χ3n) is 2.93. The Morgan fingerprint density at radius 2 is 2.50 bits per heavy atom. The van der Waals surface area contributed by atoms with Crippen LogP contribution < -0.4 is 5.32 Å². The number of nitrogens with zero attached hydrogens (tertiary/aromatic N) is 1. The standard InChI is InChI=1S/C12H17FN2S/c1-9(12-3-2-11(13)7-15-12)14-6-10-4-5-16-8-10/h2-3,7,9-10,14H,4-6,8H2,1H3. The van der Waals surface area contributed by atoms with Gasteiger partial charge in [0.25, 0.3) is 0 Å². The molecule has 16 heavy (non-hydrogen) atoms. The molecular formula is C12H17FN2S. The van der Waals surface area contributed by atoms with E-state index in [2.05, 4.69) is 17.2 Å². The van der Waals surface area contributed by atoms with Crippen LogP contribution in [0.5, 0.6) is 0 Å². The molecule has 2 atom stereocenters. The minimum absolute atomic E-state index is 0.200. The molecule has 0 aliphatic carbocycles. The van der Waals surface area contributed by atoms with E-state index in [1.807, 2.05) is 11.8 Å². The van der Waals surface area contributed by atoms with Crippen molar-refractivity contribution in [3.63, 3.8) is 0 Å². The van der Waals surface area contributed by atoms with Crippen LogP contribution in [-0.4, -0.2) is 23.0 Å². The highest BCUT2D eigenvalue weighted by Gasteiger charge is 2.16. The Morgan fingerprint density at radius 3 is 3.12 bits per heavy atom. The molecule has 2 heterocycles. The molecule has 1 fully saturated rings. The second-order valence-corrected chi connectivity index (χ2v) is 5.41. The van der Waals surface area contributed by atoms with Gasteiger partial charge in [-0.3, -0.25) is 4.98 Å². The molecule has 1 aromatic rings. The Hall–Kier alpha value is -0.610. The van der Waals surface area contributed by atoms with E-state index in [1.54, 1.807) is 6.07 Å². The van der Waals surface area contributed by atoms with Crippen molar-refractivity contribution < 1.29 is 4.39 Å². The van der Waals surface area contributed by atoms with Gasteiger partial charge in [-0.25, -0.2) is 4.39 Å². The second kappa shape index (κ2) is 5.64. The lowest BCUT2D eigenvalue weighted by Gasteiger charge is -2.16. The average molecular weight is 240 g/mol. The number of rotatable bonds is 4. The number of aromatic nitrogens is 1. The van der Waals surface area contributed by atoms with Gasteiger partial charge in [0.15, 0.2) is 0 Å². The van der Waals surface area contributed by atoms with E-state index >= 15 is 0 Å². The Kier molecular flexibility index (Phi) is 4.18. The van der Waals surface area contributed by atoms with E-state index in [4.69, 9.17) is 0 Å². The van der Waals surface area contributed by atoms with Crippen LogP contribution in [-0.2, 0) is 0 Å². The van der Waals surface area contributed by atoms with Crippen molar-refractivity contribution in [1.29, 1.82) is 0 Å². The molecule has 2 nitrogen and oxygen atoms in total. The van der Waals surface area contributed by atoms with Crippen LogP contribution in [0, 0.1) is 11.7 Å². The monoisotopic (exact) mass is 240 g/mol. The summed E-state index contributed by atoms with van der Waals surface area (Å²) in [5, 5.41) is 3.46. The van der Waals surface area contributed by atoms with Gasteiger partial charge < -0.3 is 5.32 Å². The lowest BCUT2D eigenvalue weighted by molar-refractivity contribution is 0.471. The van der Waals surface area contributed by atoms with Crippen molar-refractivity contribution in [1.82, 2.24) is 10.3 Å². The fourth-order valence-corrected chi connectivity index (χ4v) is 3.12. The van der Waals surface area contributed by atoms with Crippen LogP contribution in [0.3, 0.4) is 0 Å². The summed E-state index contributed by atoms with van der Waals surface area (Å²) in [5.41, 5.74) is 0.909. The predicted octanol–water partition coefficient (Wildman–Crippen LogP) is 2.62. The summed E-state index contributed by atoms with van der Waals surface area (Å²) in [4.78, 5) is 4.08. The van der Waals surface area contributed by atoms with Gasteiger partial charge in [-0.2, -0.15) is 11.8 Å². The van der Waals surface area contributed by atoms with E-state index in [0.717, 1.165) is 18.2 Å². The number of thioether (sulfide) groups is 1. The summed E-state index contributed by atoms with van der Waals surface area (Å²) >= 11 is 2.03. The molecule has 0 aromatic carbocycles. The maximum atomic E-state index is 12.7. The Bertz CT molecular complexity index is 322. The number of hydrogen-bond acceptors (Lipinski definition) is 3. The summed E-state index contributed by atoms with van der Waals surface area (Å²) in [7, 11) is 0. The van der Waals surface area contributed by atoms with Crippen LogP contribution in [0.4, 0.5) is 4.39 Å². The van der Waals surface area contributed by atoms with Gasteiger partial charge in [0.2, 0.25) is 0 Å². The van der Waals surface area contributed by atoms with Gasteiger partial charge in [0.1, 0.15) is 5.82 Å². The minimum atomic E-state index is -0.275. The molecule has 2 rings (SSSR count). The summed E-state index contributed by atoms with van der Waals surface area (Å²) in [5.74, 6) is 3.06. The topological polar surface area (TPSA) is 24.9 Å². The average Bonchev–Trinajstić information content (AvgIpc) is 2.80. The van der Waals surface area contributed by atoms with Crippen LogP contribution in [0.25, 0.3) is 0 Å². The van der Waals surface area contributed by atoms with Crippen LogP contribution in [0.1, 0.15) is 25.1 Å². The minimum Gasteiger partial charge on any atom is -0.309 e. The van der Waals surface area contributed by atoms with Crippen molar-refractivity contribution in [3.8, 4) is 0 Å². The molecule has 1 saturated heterocycles. The molecule has 1 aliphatic heterocycles. The van der Waals surface area contributed by atoms with E-state index in [-0.39, 0.29) is 11.9 Å². The number of pyridine rings is 1. The largest absolute Gasteiger partial charge is 0.309 e. The molecule has 1 N–H and O–H groups in total. The van der Waals surface area contributed by atoms with Crippen molar-refractivity contribution in [2.24, 2.45) is 5.92 Å². The summed E-state index contributed by atoms with van der Waals surface area (Å²) in [6.07, 6.45) is 2.58. The quantitative estimate of drug-likeness (QED) is 0.875. The molecular weight excluding hydrogens is 223 g/mol. The highest BCUT2D eigenvalue weighted by molar-refractivity contribution is 7.99. The van der Waals surface area contributed by atoms with Gasteiger partial charge in [-0.1, -0.05) is 0 Å². The van der Waals surface area contributed by atoms with E-state index in [9.17, 15) is 4.39 Å². The summed E-state index contributed by atoms with van der Waals surface area (Å²) in [6, 6.07) is 3.41. The third-order valence-corrected chi connectivity index (χ3v) is 4.16. The molecule has 0 bridgehead atoms. The Morgan fingerprint density at radius 1 is 1.62 bits per heavy atom. The highest BCUT2D eigenvalue weighted by atomic mass is 32.2. The van der Waals surface area contributed by atoms with E-state index in [0.29, 0.717) is 0 Å². The highest BCUT2D eigenvalue weighted by Crippen LogP contribution is 2.23. The first-order valence-electron chi connectivity index (χ1n) is 5.68. The van der Waals surface area contributed by atoms with Crippen LogP contribution in [0.2, 0.25) is 0 Å². The normalized spacial score (nSPS) is 22.2. The zero-order valence-corrected chi connectivity index (χ0v) is 10.3. The molecule has 0 saturated carbocycles. The molecule has 0 spiro atoms. The molecule has 1 aliphatic rings. The SMILES string of the molecule is CC(NCC1CCSC1)c1ccc(F)cn1. The molecule has 0 amide bonds. The van der Waals surface area contributed by atoms with Crippen LogP contribution in [0.15, 0.2) is 18.3 Å². The smallest absolute Gasteiger partial charge is 0.141 e. The fourth-order valence-electron chi connectivity index (χ4n) is 1.84. The van der Waals surface area contributed by atoms with Crippen molar-refractivity contribution in [2.75, 3.05) is 18.1 Å². The summed E-state index contributed by atoms with van der Waals surface area (Å²) in [6.45, 7) is 3.11. The lowest BCUT2D eigenvalue weighted by Crippen LogP contribution is -2.26. The molecule has 0 radical (unpaired) electrons. The lowest BCUT2D eigenvalue weighted by atomic mass is 10.1. The van der Waals surface area contributed by atoms with Gasteiger partial charge in [-0.15, -0.1) is 0 Å². The van der Waals surface area contributed by atoms with E-state index in [1.165, 1.54) is 30.2 Å². The molecule has 88 valence electrons. The number of hydrogen-bond donors (Lipinski definition) is 1. The second-order valence-electron chi connectivity index (χ2n) is 4.26. The fraction of sp³-hybridized carbons (Fsp3) is 0.583. The maximum Gasteiger partial charge on any atom is 0.141 e. The maximum absolute atomic E-state index is 12.7. The Balaban J connectivity index is 1.82. The number of halogens is 1. The summed E-state index contributed by atoms with van der Waals surface area (Å²) < 4.78 is 12.7. The van der Waals surface area contributed by atoms with Crippen molar-refractivity contribution >= 4 is 11.8 Å². The van der Waals surface area contributed by atoms with Gasteiger partial charge in [-0.05, 0) is 49.4 Å². The molecule has 4 heteroatoms. The van der Waals surface area contributed by atoms with Gasteiger partial charge in [0.05, 0.1) is 11.9 Å². The predicted molar refractivity (Wildman–Crippen MR) is 66.0 cm³/mol. The van der Waals surface area contributed by atoms with Gasteiger partial charge >= 0.3 is 0 Å².